The number of carbonyl (C=O) groups excluding carboxylic acids is 2. The van der Waals surface area contributed by atoms with Crippen LogP contribution in [0.25, 0.3) is 0 Å². The smallest absolute Gasteiger partial charge is 0.259 e. The molecule has 0 aliphatic carbocycles. The maximum Gasteiger partial charge on any atom is 0.259 e. The Kier molecular flexibility index (Phi) is 4.19. The van der Waals surface area contributed by atoms with E-state index in [1.807, 2.05) is 0 Å². The zero-order valence-corrected chi connectivity index (χ0v) is 11.0. The summed E-state index contributed by atoms with van der Waals surface area (Å²) in [6, 6.07) is 1.59. The van der Waals surface area contributed by atoms with Crippen LogP contribution in [0.2, 0.25) is 0 Å². The van der Waals surface area contributed by atoms with Gasteiger partial charge in [0.2, 0.25) is 0 Å². The molecule has 0 fully saturated rings. The lowest BCUT2D eigenvalue weighted by molar-refractivity contribution is -0.305. The van der Waals surface area contributed by atoms with E-state index in [9.17, 15) is 14.7 Å². The molecule has 2 aromatic heterocycles. The van der Waals surface area contributed by atoms with Crippen LogP contribution in [0.4, 0.5) is 5.69 Å². The normalized spacial score (nSPS) is 10.4. The molecule has 106 valence electrons. The third-order valence-electron chi connectivity index (χ3n) is 2.76. The number of rotatable bonds is 6. The van der Waals surface area contributed by atoms with Gasteiger partial charge in [-0.1, -0.05) is 0 Å². The van der Waals surface area contributed by atoms with Gasteiger partial charge in [-0.2, -0.15) is 5.10 Å². The lowest BCUT2D eigenvalue weighted by atomic mass is 10.2. The minimum Gasteiger partial charge on any atom is -0.550 e. The Morgan fingerprint density at radius 1 is 1.50 bits per heavy atom. The van der Waals surface area contributed by atoms with Gasteiger partial charge in [0.1, 0.15) is 5.76 Å². The molecule has 0 saturated carbocycles. The molecule has 0 aliphatic heterocycles. The molecule has 2 aromatic rings. The first-order chi connectivity index (χ1) is 9.56. The molecular formula is C13H14N3O4-. The number of furan rings is 1. The number of carboxylic acid groups (broad SMARTS) is 1. The molecule has 0 bridgehead atoms. The molecule has 2 rings (SSSR count). The highest BCUT2D eigenvalue weighted by atomic mass is 16.4. The second-order valence-corrected chi connectivity index (χ2v) is 4.31. The number of nitrogens with zero attached hydrogens (tertiary/aromatic N) is 2. The topological polar surface area (TPSA) is 100 Å². The van der Waals surface area contributed by atoms with Crippen molar-refractivity contribution in [2.75, 3.05) is 5.32 Å². The zero-order valence-electron chi connectivity index (χ0n) is 11.0. The fourth-order valence-corrected chi connectivity index (χ4v) is 1.75. The molecule has 0 spiro atoms. The maximum absolute atomic E-state index is 11.9. The quantitative estimate of drug-likeness (QED) is 0.831. The Labute approximate surface area is 115 Å². The Hall–Kier alpha value is -2.57. The van der Waals surface area contributed by atoms with Crippen molar-refractivity contribution in [1.29, 1.82) is 0 Å². The first kappa shape index (κ1) is 13.9. The summed E-state index contributed by atoms with van der Waals surface area (Å²) in [5.74, 6) is -0.810. The van der Waals surface area contributed by atoms with E-state index in [1.54, 1.807) is 23.9 Å². The van der Waals surface area contributed by atoms with Crippen LogP contribution in [0, 0.1) is 6.92 Å². The van der Waals surface area contributed by atoms with Crippen molar-refractivity contribution < 1.29 is 19.1 Å². The second-order valence-electron chi connectivity index (χ2n) is 4.31. The monoisotopic (exact) mass is 276 g/mol. The minimum atomic E-state index is -1.08. The van der Waals surface area contributed by atoms with Gasteiger partial charge in [0.05, 0.1) is 23.7 Å². The Morgan fingerprint density at radius 2 is 2.30 bits per heavy atom. The van der Waals surface area contributed by atoms with Gasteiger partial charge in [0, 0.05) is 18.7 Å². The molecule has 0 aromatic carbocycles. The van der Waals surface area contributed by atoms with E-state index < -0.39 is 5.97 Å². The van der Waals surface area contributed by atoms with Gasteiger partial charge in [-0.3, -0.25) is 9.48 Å². The number of anilines is 1. The Balaban J connectivity index is 1.91. The van der Waals surface area contributed by atoms with Crippen LogP contribution in [0.15, 0.2) is 29.1 Å². The van der Waals surface area contributed by atoms with Crippen LogP contribution in [-0.2, 0) is 11.3 Å². The number of carboxylic acids is 1. The largest absolute Gasteiger partial charge is 0.550 e. The summed E-state index contributed by atoms with van der Waals surface area (Å²) in [7, 11) is 0. The summed E-state index contributed by atoms with van der Waals surface area (Å²) in [4.78, 5) is 22.2. The van der Waals surface area contributed by atoms with Crippen LogP contribution < -0.4 is 10.4 Å². The van der Waals surface area contributed by atoms with E-state index in [-0.39, 0.29) is 12.3 Å². The summed E-state index contributed by atoms with van der Waals surface area (Å²) < 4.78 is 6.63. The third kappa shape index (κ3) is 3.47. The molecular weight excluding hydrogens is 262 g/mol. The standard InChI is InChI=1S/C13H15N3O4/c1-9-11(4-6-20-9)13(19)15-10-7-14-16(8-10)5-2-3-12(17)18/h4,6-8H,2-3,5H2,1H3,(H,15,19)(H,17,18)/p-1. The van der Waals surface area contributed by atoms with Gasteiger partial charge in [-0.25, -0.2) is 0 Å². The lowest BCUT2D eigenvalue weighted by Crippen LogP contribution is -2.22. The number of aromatic nitrogens is 2. The number of aliphatic carboxylic acids is 1. The predicted molar refractivity (Wildman–Crippen MR) is 67.9 cm³/mol. The molecule has 7 heteroatoms. The number of hydrogen-bond acceptors (Lipinski definition) is 5. The summed E-state index contributed by atoms with van der Waals surface area (Å²) >= 11 is 0. The van der Waals surface area contributed by atoms with E-state index in [0.29, 0.717) is 30.0 Å². The molecule has 1 amide bonds. The maximum atomic E-state index is 11.9. The molecule has 0 saturated heterocycles. The zero-order chi connectivity index (χ0) is 14.5. The van der Waals surface area contributed by atoms with Gasteiger partial charge in [0.25, 0.3) is 5.91 Å². The average Bonchev–Trinajstić information content (AvgIpc) is 2.98. The Morgan fingerprint density at radius 3 is 2.95 bits per heavy atom. The number of carbonyl (C=O) groups is 2. The average molecular weight is 276 g/mol. The highest BCUT2D eigenvalue weighted by Crippen LogP contribution is 2.12. The molecule has 0 aliphatic rings. The number of nitrogens with one attached hydrogen (secondary N) is 1. The van der Waals surface area contributed by atoms with Crippen molar-refractivity contribution >= 4 is 17.6 Å². The van der Waals surface area contributed by atoms with Crippen LogP contribution in [0.5, 0.6) is 0 Å². The third-order valence-corrected chi connectivity index (χ3v) is 2.76. The van der Waals surface area contributed by atoms with Crippen LogP contribution in [-0.4, -0.2) is 21.7 Å². The van der Waals surface area contributed by atoms with Gasteiger partial charge in [0.15, 0.2) is 0 Å². The molecule has 0 unspecified atom stereocenters. The van der Waals surface area contributed by atoms with Crippen LogP contribution in [0.3, 0.4) is 0 Å². The molecule has 2 heterocycles. The van der Waals surface area contributed by atoms with Crippen LogP contribution in [0.1, 0.15) is 29.0 Å². The summed E-state index contributed by atoms with van der Waals surface area (Å²) in [6.45, 7) is 2.16. The first-order valence-electron chi connectivity index (χ1n) is 6.14. The highest BCUT2D eigenvalue weighted by molar-refractivity contribution is 6.04. The van der Waals surface area contributed by atoms with Crippen molar-refractivity contribution in [3.8, 4) is 0 Å². The summed E-state index contributed by atoms with van der Waals surface area (Å²) in [5, 5.41) is 17.0. The van der Waals surface area contributed by atoms with Crippen molar-refractivity contribution in [2.24, 2.45) is 0 Å². The minimum absolute atomic E-state index is 0.0181. The van der Waals surface area contributed by atoms with Gasteiger partial charge < -0.3 is 19.6 Å². The summed E-state index contributed by atoms with van der Waals surface area (Å²) in [6.07, 6.45) is 5.01. The fraction of sp³-hybridized carbons (Fsp3) is 0.308. The second kappa shape index (κ2) is 6.05. The molecule has 0 radical (unpaired) electrons. The fourth-order valence-electron chi connectivity index (χ4n) is 1.75. The predicted octanol–water partition coefficient (Wildman–Crippen LogP) is 0.567. The number of amides is 1. The lowest BCUT2D eigenvalue weighted by Gasteiger charge is -2.02. The molecule has 7 nitrogen and oxygen atoms in total. The Bertz CT molecular complexity index is 615. The summed E-state index contributed by atoms with van der Waals surface area (Å²) in [5.41, 5.74) is 1.01. The first-order valence-corrected chi connectivity index (χ1v) is 6.14. The molecule has 1 N–H and O–H groups in total. The van der Waals surface area contributed by atoms with E-state index in [0.717, 1.165) is 0 Å². The highest BCUT2D eigenvalue weighted by Gasteiger charge is 2.12. The molecule has 0 atom stereocenters. The van der Waals surface area contributed by atoms with Crippen molar-refractivity contribution in [1.82, 2.24) is 9.78 Å². The van der Waals surface area contributed by atoms with Gasteiger partial charge in [-0.15, -0.1) is 0 Å². The van der Waals surface area contributed by atoms with Crippen molar-refractivity contribution in [2.45, 2.75) is 26.3 Å². The van der Waals surface area contributed by atoms with E-state index in [1.165, 1.54) is 12.5 Å². The van der Waals surface area contributed by atoms with E-state index in [4.69, 9.17) is 4.42 Å². The number of aryl methyl sites for hydroxylation is 2. The van der Waals surface area contributed by atoms with Crippen molar-refractivity contribution in [3.05, 3.63) is 36.0 Å². The molecule has 20 heavy (non-hydrogen) atoms. The van der Waals surface area contributed by atoms with Gasteiger partial charge in [-0.05, 0) is 25.8 Å². The van der Waals surface area contributed by atoms with E-state index >= 15 is 0 Å². The van der Waals surface area contributed by atoms with E-state index in [2.05, 4.69) is 10.4 Å². The SMILES string of the molecule is Cc1occc1C(=O)Nc1cnn(CCCC(=O)[O-])c1. The number of hydrogen-bond donors (Lipinski definition) is 1. The van der Waals surface area contributed by atoms with Crippen LogP contribution >= 0.6 is 0 Å². The van der Waals surface area contributed by atoms with Gasteiger partial charge >= 0.3 is 0 Å². The van der Waals surface area contributed by atoms with Crippen molar-refractivity contribution in [3.63, 3.8) is 0 Å².